The molecule has 0 heterocycles. The molecule has 1 atom stereocenters. The zero-order chi connectivity index (χ0) is 20.0. The van der Waals surface area contributed by atoms with Crippen molar-refractivity contribution < 1.29 is 13.6 Å². The Hall–Kier alpha value is -2.80. The van der Waals surface area contributed by atoms with E-state index in [-0.39, 0.29) is 22.9 Å². The van der Waals surface area contributed by atoms with Crippen LogP contribution < -0.4 is 26.2 Å². The minimum Gasteiger partial charge on any atom is -0.415 e. The zero-order valence-electron chi connectivity index (χ0n) is 15.4. The summed E-state index contributed by atoms with van der Waals surface area (Å²) in [7, 11) is -3.83. The van der Waals surface area contributed by atoms with Gasteiger partial charge in [-0.1, -0.05) is 48.5 Å². The monoisotopic (exact) mass is 476 g/mol. The quantitative estimate of drug-likeness (QED) is 0.262. The maximum Gasteiger partial charge on any atom is 0.451 e. The molecule has 1 unspecified atom stereocenters. The first-order valence-corrected chi connectivity index (χ1v) is 10.1. The smallest absolute Gasteiger partial charge is 0.415 e. The lowest BCUT2D eigenvalue weighted by Crippen LogP contribution is -2.21. The van der Waals surface area contributed by atoms with Crippen molar-refractivity contribution in [3.8, 4) is 11.5 Å². The molecule has 0 fully saturated rings. The van der Waals surface area contributed by atoms with E-state index in [2.05, 4.69) is 4.99 Å². The van der Waals surface area contributed by atoms with Gasteiger partial charge in [0.25, 0.3) is 0 Å². The number of aliphatic imine (C=N–C) groups is 1. The van der Waals surface area contributed by atoms with Gasteiger partial charge in [-0.3, -0.25) is 0 Å². The number of benzene rings is 3. The molecular formula is C20H22BrN4O3P. The first-order chi connectivity index (χ1) is 13.5. The number of guanidine groups is 1. The fourth-order valence-electron chi connectivity index (χ4n) is 2.47. The summed E-state index contributed by atoms with van der Waals surface area (Å²) in [5.74, 6) is -0.285. The molecule has 0 aliphatic heterocycles. The summed E-state index contributed by atoms with van der Waals surface area (Å²) in [6, 6.07) is 24.2. The highest BCUT2D eigenvalue weighted by Gasteiger charge is 2.38. The molecule has 0 amide bonds. The van der Waals surface area contributed by atoms with E-state index in [0.717, 1.165) is 0 Å². The van der Waals surface area contributed by atoms with Crippen molar-refractivity contribution in [2.45, 2.75) is 5.78 Å². The summed E-state index contributed by atoms with van der Waals surface area (Å²) < 4.78 is 25.2. The van der Waals surface area contributed by atoms with Crippen molar-refractivity contribution in [3.63, 3.8) is 0 Å². The standard InChI is InChI=1S/C20H21N4O3P.BrH/c21-19(15-11-13-16(14-12-15)24-20(22)23)28(25,26-17-7-3-1-4-8-17)27-18-9-5-2-6-10-18;/h1-14,19H,21H2,(H4,22,23,24);1H. The van der Waals surface area contributed by atoms with E-state index in [1.165, 1.54) is 0 Å². The van der Waals surface area contributed by atoms with Gasteiger partial charge >= 0.3 is 7.60 Å². The Morgan fingerprint density at radius 1 is 0.793 bits per heavy atom. The first-order valence-electron chi connectivity index (χ1n) is 8.50. The van der Waals surface area contributed by atoms with E-state index in [9.17, 15) is 4.57 Å². The van der Waals surface area contributed by atoms with Gasteiger partial charge in [-0.25, -0.2) is 9.56 Å². The fraction of sp³-hybridized carbons (Fsp3) is 0.0500. The Bertz CT molecular complexity index is 936. The van der Waals surface area contributed by atoms with E-state index in [0.29, 0.717) is 22.7 Å². The molecule has 29 heavy (non-hydrogen) atoms. The van der Waals surface area contributed by atoms with Gasteiger partial charge in [0.1, 0.15) is 11.5 Å². The number of nitrogens with zero attached hydrogens (tertiary/aromatic N) is 1. The molecule has 0 aliphatic carbocycles. The molecule has 0 saturated heterocycles. The second-order valence-corrected chi connectivity index (χ2v) is 7.92. The van der Waals surface area contributed by atoms with E-state index >= 15 is 0 Å². The molecule has 3 aromatic carbocycles. The number of rotatable bonds is 7. The van der Waals surface area contributed by atoms with E-state index in [1.807, 2.05) is 12.1 Å². The number of hydrogen-bond acceptors (Lipinski definition) is 5. The van der Waals surface area contributed by atoms with E-state index in [4.69, 9.17) is 26.2 Å². The molecule has 0 spiro atoms. The molecule has 0 radical (unpaired) electrons. The van der Waals surface area contributed by atoms with Crippen molar-refractivity contribution in [1.82, 2.24) is 0 Å². The topological polar surface area (TPSA) is 126 Å². The Morgan fingerprint density at radius 2 is 1.24 bits per heavy atom. The average Bonchev–Trinajstić information content (AvgIpc) is 2.69. The van der Waals surface area contributed by atoms with Crippen LogP contribution in [0.3, 0.4) is 0 Å². The van der Waals surface area contributed by atoms with E-state index in [1.54, 1.807) is 72.8 Å². The molecule has 0 saturated carbocycles. The molecule has 0 bridgehead atoms. The minimum absolute atomic E-state index is 0. The molecule has 3 aromatic rings. The molecule has 0 aliphatic rings. The fourth-order valence-corrected chi connectivity index (χ4v) is 4.10. The third-order valence-corrected chi connectivity index (χ3v) is 5.70. The van der Waals surface area contributed by atoms with Crippen molar-refractivity contribution in [1.29, 1.82) is 0 Å². The molecule has 152 valence electrons. The van der Waals surface area contributed by atoms with E-state index < -0.39 is 13.4 Å². The van der Waals surface area contributed by atoms with Crippen LogP contribution >= 0.6 is 24.6 Å². The first kappa shape index (κ1) is 22.5. The Balaban J connectivity index is 0.00000300. The second-order valence-electron chi connectivity index (χ2n) is 5.92. The summed E-state index contributed by atoms with van der Waals surface area (Å²) in [6.45, 7) is 0. The highest BCUT2D eigenvalue weighted by molar-refractivity contribution is 8.93. The third kappa shape index (κ3) is 6.09. The van der Waals surface area contributed by atoms with Gasteiger partial charge in [0.15, 0.2) is 11.7 Å². The van der Waals surface area contributed by atoms with Gasteiger partial charge in [0.05, 0.1) is 5.69 Å². The lowest BCUT2D eigenvalue weighted by Gasteiger charge is -2.25. The minimum atomic E-state index is -3.83. The predicted molar refractivity (Wildman–Crippen MR) is 121 cm³/mol. The zero-order valence-corrected chi connectivity index (χ0v) is 18.0. The van der Waals surface area contributed by atoms with Gasteiger partial charge < -0.3 is 26.2 Å². The van der Waals surface area contributed by atoms with Gasteiger partial charge in [-0.05, 0) is 42.0 Å². The third-order valence-electron chi connectivity index (χ3n) is 3.79. The number of halogens is 1. The molecular weight excluding hydrogens is 455 g/mol. The number of nitrogens with two attached hydrogens (primary N) is 3. The maximum atomic E-state index is 13.7. The van der Waals surface area contributed by atoms with Crippen molar-refractivity contribution in [2.24, 2.45) is 22.2 Å². The van der Waals surface area contributed by atoms with Crippen LogP contribution in [-0.4, -0.2) is 5.96 Å². The van der Waals surface area contributed by atoms with Gasteiger partial charge in [0.2, 0.25) is 0 Å². The lowest BCUT2D eigenvalue weighted by molar-refractivity contribution is 0.373. The Kier molecular flexibility index (Phi) is 7.84. The largest absolute Gasteiger partial charge is 0.451 e. The van der Waals surface area contributed by atoms with Crippen LogP contribution in [0.25, 0.3) is 0 Å². The van der Waals surface area contributed by atoms with Crippen molar-refractivity contribution in [3.05, 3.63) is 90.5 Å². The van der Waals surface area contributed by atoms with Crippen LogP contribution in [0.4, 0.5) is 5.69 Å². The molecule has 3 rings (SSSR count). The van der Waals surface area contributed by atoms with Crippen LogP contribution in [0.1, 0.15) is 11.3 Å². The number of para-hydroxylation sites is 2. The lowest BCUT2D eigenvalue weighted by atomic mass is 10.2. The Morgan fingerprint density at radius 3 is 1.66 bits per heavy atom. The Labute approximate surface area is 179 Å². The summed E-state index contributed by atoms with van der Waals surface area (Å²) in [6.07, 6.45) is 0. The highest BCUT2D eigenvalue weighted by Crippen LogP contribution is 2.57. The summed E-state index contributed by atoms with van der Waals surface area (Å²) in [5, 5.41) is 0. The van der Waals surface area contributed by atoms with Crippen LogP contribution in [-0.2, 0) is 4.57 Å². The maximum absolute atomic E-state index is 13.7. The highest BCUT2D eigenvalue weighted by atomic mass is 79.9. The molecule has 7 nitrogen and oxygen atoms in total. The van der Waals surface area contributed by atoms with Crippen LogP contribution in [0.15, 0.2) is 89.9 Å². The van der Waals surface area contributed by atoms with Crippen LogP contribution in [0.2, 0.25) is 0 Å². The average molecular weight is 477 g/mol. The van der Waals surface area contributed by atoms with Crippen LogP contribution in [0, 0.1) is 0 Å². The summed E-state index contributed by atoms with van der Waals surface area (Å²) in [5.41, 5.74) is 18.2. The SMILES string of the molecule is Br.NC(N)=Nc1ccc(C(N)P(=O)(Oc2ccccc2)Oc2ccccc2)cc1. The normalized spacial score (nSPS) is 11.6. The van der Waals surface area contributed by atoms with Crippen LogP contribution in [0.5, 0.6) is 11.5 Å². The van der Waals surface area contributed by atoms with Gasteiger partial charge in [-0.15, -0.1) is 17.0 Å². The van der Waals surface area contributed by atoms with Crippen molar-refractivity contribution >= 4 is 36.2 Å². The predicted octanol–water partition coefficient (Wildman–Crippen LogP) is 4.48. The molecule has 0 aromatic heterocycles. The summed E-state index contributed by atoms with van der Waals surface area (Å²) in [4.78, 5) is 3.96. The second kappa shape index (κ2) is 10.1. The molecule has 9 heteroatoms. The van der Waals surface area contributed by atoms with Gasteiger partial charge in [-0.2, -0.15) is 0 Å². The molecule has 6 N–H and O–H groups in total. The van der Waals surface area contributed by atoms with Gasteiger partial charge in [0, 0.05) is 0 Å². The van der Waals surface area contributed by atoms with Crippen molar-refractivity contribution in [2.75, 3.05) is 0 Å². The summed E-state index contributed by atoms with van der Waals surface area (Å²) >= 11 is 0. The number of hydrogen-bond donors (Lipinski definition) is 3.